The molecule has 0 bridgehead atoms. The summed E-state index contributed by atoms with van der Waals surface area (Å²) in [4.78, 5) is 28.1. The second-order valence-corrected chi connectivity index (χ2v) is 12.0. The van der Waals surface area contributed by atoms with Crippen LogP contribution in [0.1, 0.15) is 31.9 Å². The lowest BCUT2D eigenvalue weighted by molar-refractivity contribution is -0.139. The lowest BCUT2D eigenvalue weighted by atomic mass is 10.1. The maximum absolute atomic E-state index is 13.9. The lowest BCUT2D eigenvalue weighted by Gasteiger charge is -2.32. The first kappa shape index (κ1) is 30.1. The van der Waals surface area contributed by atoms with Crippen LogP contribution in [0.5, 0.6) is 0 Å². The standard InChI is InChI=1S/C29H33ClFN3O4S/c1-20(2)17-32-29(36)22(4)33(18-23-12-10-21(3)11-13-23)28(35)19-34(24-14-15-27(31)26(30)16-24)39(37,38)25-8-6-5-7-9-25/h5-16,20,22H,17-19H2,1-4H3,(H,32,36). The van der Waals surface area contributed by atoms with Crippen molar-refractivity contribution in [1.29, 1.82) is 0 Å². The molecule has 208 valence electrons. The fraction of sp³-hybridized carbons (Fsp3) is 0.310. The molecule has 0 fully saturated rings. The number of carbonyl (C=O) groups excluding carboxylic acids is 2. The van der Waals surface area contributed by atoms with E-state index in [0.29, 0.717) is 6.54 Å². The predicted octanol–water partition coefficient (Wildman–Crippen LogP) is 5.17. The van der Waals surface area contributed by atoms with Crippen LogP contribution in [0.2, 0.25) is 5.02 Å². The molecular formula is C29H33ClFN3O4S. The number of nitrogens with one attached hydrogen (secondary N) is 1. The van der Waals surface area contributed by atoms with Gasteiger partial charge in [0.25, 0.3) is 10.0 Å². The minimum atomic E-state index is -4.25. The van der Waals surface area contributed by atoms with Crippen LogP contribution in [-0.2, 0) is 26.2 Å². The molecule has 0 aliphatic heterocycles. The zero-order valence-electron chi connectivity index (χ0n) is 22.4. The van der Waals surface area contributed by atoms with Gasteiger partial charge in [-0.15, -0.1) is 0 Å². The number of halogens is 2. The summed E-state index contributed by atoms with van der Waals surface area (Å²) in [5, 5.41) is 2.56. The largest absolute Gasteiger partial charge is 0.354 e. The molecule has 39 heavy (non-hydrogen) atoms. The third kappa shape index (κ3) is 7.80. The molecule has 7 nitrogen and oxygen atoms in total. The van der Waals surface area contributed by atoms with Crippen LogP contribution in [-0.4, -0.2) is 44.3 Å². The number of hydrogen-bond acceptors (Lipinski definition) is 4. The predicted molar refractivity (Wildman–Crippen MR) is 151 cm³/mol. The van der Waals surface area contributed by atoms with Crippen LogP contribution >= 0.6 is 11.6 Å². The average Bonchev–Trinajstić information content (AvgIpc) is 2.91. The van der Waals surface area contributed by atoms with Gasteiger partial charge in [0.15, 0.2) is 0 Å². The van der Waals surface area contributed by atoms with E-state index in [4.69, 9.17) is 11.6 Å². The Morgan fingerprint density at radius 3 is 2.21 bits per heavy atom. The van der Waals surface area contributed by atoms with Gasteiger partial charge in [-0.2, -0.15) is 0 Å². The number of carbonyl (C=O) groups is 2. The van der Waals surface area contributed by atoms with Crippen molar-refractivity contribution in [3.63, 3.8) is 0 Å². The third-order valence-corrected chi connectivity index (χ3v) is 8.20. The number of nitrogens with zero attached hydrogens (tertiary/aromatic N) is 2. The monoisotopic (exact) mass is 573 g/mol. The first-order valence-corrected chi connectivity index (χ1v) is 14.4. The molecule has 1 N–H and O–H groups in total. The Bertz CT molecular complexity index is 1400. The highest BCUT2D eigenvalue weighted by atomic mass is 35.5. The smallest absolute Gasteiger partial charge is 0.264 e. The Hall–Kier alpha value is -3.43. The molecule has 0 heterocycles. The fourth-order valence-corrected chi connectivity index (χ4v) is 5.42. The molecule has 0 aliphatic rings. The molecule has 2 amide bonds. The Balaban J connectivity index is 2.02. The third-order valence-electron chi connectivity index (χ3n) is 6.13. The van der Waals surface area contributed by atoms with Crippen LogP contribution in [0.3, 0.4) is 0 Å². The SMILES string of the molecule is Cc1ccc(CN(C(=O)CN(c2ccc(F)c(Cl)c2)S(=O)(=O)c2ccccc2)C(C)C(=O)NCC(C)C)cc1. The molecule has 0 saturated carbocycles. The van der Waals surface area contributed by atoms with E-state index in [9.17, 15) is 22.4 Å². The topological polar surface area (TPSA) is 86.8 Å². The van der Waals surface area contributed by atoms with Crippen molar-refractivity contribution in [3.8, 4) is 0 Å². The second-order valence-electron chi connectivity index (χ2n) is 9.75. The van der Waals surface area contributed by atoms with Gasteiger partial charge >= 0.3 is 0 Å². The summed E-state index contributed by atoms with van der Waals surface area (Å²) in [7, 11) is -4.25. The molecule has 3 aromatic rings. The van der Waals surface area contributed by atoms with E-state index in [-0.39, 0.29) is 34.0 Å². The first-order chi connectivity index (χ1) is 18.4. The van der Waals surface area contributed by atoms with E-state index in [1.165, 1.54) is 23.1 Å². The average molecular weight is 574 g/mol. The number of anilines is 1. The highest BCUT2D eigenvalue weighted by Gasteiger charge is 2.32. The Labute approximate surface area is 234 Å². The van der Waals surface area contributed by atoms with E-state index in [0.717, 1.165) is 27.6 Å². The van der Waals surface area contributed by atoms with Crippen molar-refractivity contribution in [1.82, 2.24) is 10.2 Å². The molecule has 1 unspecified atom stereocenters. The number of rotatable bonds is 11. The Morgan fingerprint density at radius 2 is 1.62 bits per heavy atom. The van der Waals surface area contributed by atoms with Gasteiger partial charge in [0.1, 0.15) is 18.4 Å². The van der Waals surface area contributed by atoms with Gasteiger partial charge < -0.3 is 10.2 Å². The zero-order valence-corrected chi connectivity index (χ0v) is 24.0. The molecule has 10 heteroatoms. The van der Waals surface area contributed by atoms with E-state index < -0.39 is 34.3 Å². The van der Waals surface area contributed by atoms with E-state index in [2.05, 4.69) is 5.32 Å². The summed E-state index contributed by atoms with van der Waals surface area (Å²) in [6, 6.07) is 17.7. The fourth-order valence-electron chi connectivity index (χ4n) is 3.81. The van der Waals surface area contributed by atoms with Crippen LogP contribution < -0.4 is 9.62 Å². The van der Waals surface area contributed by atoms with E-state index in [1.807, 2.05) is 45.0 Å². The Kier molecular flexibility index (Phi) is 10.1. The van der Waals surface area contributed by atoms with Gasteiger partial charge in [-0.05, 0) is 55.7 Å². The van der Waals surface area contributed by atoms with Crippen LogP contribution in [0.25, 0.3) is 0 Å². The zero-order chi connectivity index (χ0) is 28.7. The van der Waals surface area contributed by atoms with Gasteiger partial charge in [0.05, 0.1) is 15.6 Å². The van der Waals surface area contributed by atoms with Crippen molar-refractivity contribution in [2.75, 3.05) is 17.4 Å². The first-order valence-electron chi connectivity index (χ1n) is 12.6. The summed E-state index contributed by atoms with van der Waals surface area (Å²) in [5.41, 5.74) is 1.83. The number of hydrogen-bond donors (Lipinski definition) is 1. The van der Waals surface area contributed by atoms with E-state index in [1.54, 1.807) is 25.1 Å². The molecule has 3 rings (SSSR count). The molecule has 0 saturated heterocycles. The quantitative estimate of drug-likeness (QED) is 0.343. The van der Waals surface area contributed by atoms with Gasteiger partial charge in [-0.1, -0.05) is 73.5 Å². The molecule has 0 aromatic heterocycles. The Morgan fingerprint density at radius 1 is 0.974 bits per heavy atom. The summed E-state index contributed by atoms with van der Waals surface area (Å²) in [6.45, 7) is 7.34. The number of aryl methyl sites for hydroxylation is 1. The van der Waals surface area contributed by atoms with E-state index >= 15 is 0 Å². The van der Waals surface area contributed by atoms with Crippen LogP contribution in [0.15, 0.2) is 77.7 Å². The molecular weight excluding hydrogens is 541 g/mol. The maximum atomic E-state index is 13.9. The molecule has 0 spiro atoms. The van der Waals surface area contributed by atoms with Crippen molar-refractivity contribution in [2.45, 2.75) is 45.2 Å². The molecule has 0 aliphatic carbocycles. The highest BCUT2D eigenvalue weighted by molar-refractivity contribution is 7.92. The second kappa shape index (κ2) is 13.1. The number of amides is 2. The summed E-state index contributed by atoms with van der Waals surface area (Å²) < 4.78 is 42.2. The van der Waals surface area contributed by atoms with Crippen molar-refractivity contribution < 1.29 is 22.4 Å². The highest BCUT2D eigenvalue weighted by Crippen LogP contribution is 2.28. The lowest BCUT2D eigenvalue weighted by Crippen LogP contribution is -2.51. The number of benzene rings is 3. The van der Waals surface area contributed by atoms with Crippen molar-refractivity contribution in [3.05, 3.63) is 94.8 Å². The van der Waals surface area contributed by atoms with Gasteiger partial charge in [-0.3, -0.25) is 13.9 Å². The molecule has 1 atom stereocenters. The minimum absolute atomic E-state index is 0.0193. The van der Waals surface area contributed by atoms with Gasteiger partial charge in [0.2, 0.25) is 11.8 Å². The molecule has 3 aromatic carbocycles. The van der Waals surface area contributed by atoms with Crippen molar-refractivity contribution >= 4 is 39.1 Å². The maximum Gasteiger partial charge on any atom is 0.264 e. The summed E-state index contributed by atoms with van der Waals surface area (Å²) in [6.07, 6.45) is 0. The number of sulfonamides is 1. The molecule has 0 radical (unpaired) electrons. The van der Waals surface area contributed by atoms with Gasteiger partial charge in [0, 0.05) is 13.1 Å². The van der Waals surface area contributed by atoms with Crippen LogP contribution in [0, 0.1) is 18.7 Å². The van der Waals surface area contributed by atoms with Crippen molar-refractivity contribution in [2.24, 2.45) is 5.92 Å². The normalized spacial score (nSPS) is 12.2. The minimum Gasteiger partial charge on any atom is -0.354 e. The summed E-state index contributed by atoms with van der Waals surface area (Å²) in [5.74, 6) is -1.48. The van der Waals surface area contributed by atoms with Crippen LogP contribution in [0.4, 0.5) is 10.1 Å². The van der Waals surface area contributed by atoms with Gasteiger partial charge in [-0.25, -0.2) is 12.8 Å². The summed E-state index contributed by atoms with van der Waals surface area (Å²) >= 11 is 5.98.